The van der Waals surface area contributed by atoms with E-state index in [-0.39, 0.29) is 5.56 Å². The Morgan fingerprint density at radius 3 is 2.83 bits per heavy atom. The van der Waals surface area contributed by atoms with Crippen LogP contribution in [0, 0.1) is 0 Å². The van der Waals surface area contributed by atoms with Crippen molar-refractivity contribution in [1.29, 1.82) is 0 Å². The van der Waals surface area contributed by atoms with Crippen LogP contribution < -0.4 is 5.32 Å². The first-order valence-electron chi connectivity index (χ1n) is 7.07. The van der Waals surface area contributed by atoms with Gasteiger partial charge in [0, 0.05) is 24.5 Å². The molecule has 8 nitrogen and oxygen atoms in total. The summed E-state index contributed by atoms with van der Waals surface area (Å²) in [7, 11) is 0. The molecule has 0 unspecified atom stereocenters. The number of aromatic carboxylic acids is 1. The van der Waals surface area contributed by atoms with Crippen molar-refractivity contribution in [3.63, 3.8) is 0 Å². The van der Waals surface area contributed by atoms with E-state index in [1.807, 2.05) is 16.9 Å². The molecule has 1 aromatic carbocycles. The lowest BCUT2D eigenvalue weighted by atomic mass is 10.1. The maximum Gasteiger partial charge on any atom is 0.335 e. The van der Waals surface area contributed by atoms with Crippen molar-refractivity contribution in [3.05, 3.63) is 54.2 Å². The smallest absolute Gasteiger partial charge is 0.335 e. The summed E-state index contributed by atoms with van der Waals surface area (Å²) in [6.07, 6.45) is 3.63. The van der Waals surface area contributed by atoms with E-state index in [1.165, 1.54) is 12.1 Å². The Bertz CT molecular complexity index is 765. The molecule has 2 N–H and O–H groups in total. The molecule has 2 aromatic heterocycles. The van der Waals surface area contributed by atoms with Crippen LogP contribution in [0.1, 0.15) is 16.2 Å². The minimum Gasteiger partial charge on any atom is -0.478 e. The van der Waals surface area contributed by atoms with Gasteiger partial charge in [-0.1, -0.05) is 17.3 Å². The van der Waals surface area contributed by atoms with Gasteiger partial charge in [-0.05, 0) is 18.2 Å². The first-order valence-corrected chi connectivity index (χ1v) is 7.07. The third kappa shape index (κ3) is 3.80. The Balaban J connectivity index is 1.54. The fourth-order valence-electron chi connectivity index (χ4n) is 2.03. The number of carboxylic acid groups (broad SMARTS) is 1. The Morgan fingerprint density at radius 1 is 1.30 bits per heavy atom. The highest BCUT2D eigenvalue weighted by Gasteiger charge is 2.09. The molecule has 0 radical (unpaired) electrons. The van der Waals surface area contributed by atoms with Crippen molar-refractivity contribution in [1.82, 2.24) is 25.2 Å². The molecule has 0 saturated carbocycles. The second-order valence-electron chi connectivity index (χ2n) is 4.84. The van der Waals surface area contributed by atoms with E-state index in [2.05, 4.69) is 20.6 Å². The van der Waals surface area contributed by atoms with Gasteiger partial charge in [0.15, 0.2) is 0 Å². The zero-order valence-corrected chi connectivity index (χ0v) is 12.2. The zero-order valence-electron chi connectivity index (χ0n) is 12.2. The van der Waals surface area contributed by atoms with Gasteiger partial charge >= 0.3 is 5.97 Å². The van der Waals surface area contributed by atoms with Crippen LogP contribution >= 0.6 is 0 Å². The number of hydrogen-bond donors (Lipinski definition) is 2. The molecule has 0 saturated heterocycles. The average molecular weight is 313 g/mol. The lowest BCUT2D eigenvalue weighted by Gasteiger charge is -2.01. The molecule has 118 valence electrons. The second-order valence-corrected chi connectivity index (χ2v) is 4.84. The topological polar surface area (TPSA) is 106 Å². The first kappa shape index (κ1) is 14.9. The highest BCUT2D eigenvalue weighted by Crippen LogP contribution is 2.16. The minimum absolute atomic E-state index is 0.220. The minimum atomic E-state index is -0.966. The molecule has 0 amide bonds. The van der Waals surface area contributed by atoms with Crippen molar-refractivity contribution in [3.8, 4) is 11.4 Å². The lowest BCUT2D eigenvalue weighted by Crippen LogP contribution is -2.19. The van der Waals surface area contributed by atoms with E-state index < -0.39 is 5.97 Å². The fourth-order valence-corrected chi connectivity index (χ4v) is 2.03. The Kier molecular flexibility index (Phi) is 4.44. The number of benzene rings is 1. The monoisotopic (exact) mass is 313 g/mol. The highest BCUT2D eigenvalue weighted by atomic mass is 16.5. The van der Waals surface area contributed by atoms with E-state index in [9.17, 15) is 4.79 Å². The summed E-state index contributed by atoms with van der Waals surface area (Å²) < 4.78 is 7.00. The summed E-state index contributed by atoms with van der Waals surface area (Å²) in [6, 6.07) is 8.21. The molecule has 0 aliphatic heterocycles. The van der Waals surface area contributed by atoms with Gasteiger partial charge in [0.25, 0.3) is 0 Å². The maximum atomic E-state index is 10.8. The molecule has 8 heteroatoms. The third-order valence-corrected chi connectivity index (χ3v) is 3.21. The van der Waals surface area contributed by atoms with Crippen LogP contribution in [0.3, 0.4) is 0 Å². The second kappa shape index (κ2) is 6.84. The van der Waals surface area contributed by atoms with E-state index in [0.29, 0.717) is 23.8 Å². The molecule has 0 aliphatic carbocycles. The maximum absolute atomic E-state index is 10.8. The van der Waals surface area contributed by atoms with Gasteiger partial charge in [0.1, 0.15) is 0 Å². The van der Waals surface area contributed by atoms with Crippen molar-refractivity contribution in [2.24, 2.45) is 0 Å². The Morgan fingerprint density at radius 2 is 2.13 bits per heavy atom. The van der Waals surface area contributed by atoms with Gasteiger partial charge in [-0.3, -0.25) is 4.68 Å². The molecule has 23 heavy (non-hydrogen) atoms. The van der Waals surface area contributed by atoms with Gasteiger partial charge in [-0.15, -0.1) is 0 Å². The number of nitrogens with one attached hydrogen (secondary N) is 1. The third-order valence-electron chi connectivity index (χ3n) is 3.21. The molecule has 0 atom stereocenters. The van der Waals surface area contributed by atoms with E-state index in [0.717, 1.165) is 13.1 Å². The predicted molar refractivity (Wildman–Crippen MR) is 80.6 cm³/mol. The van der Waals surface area contributed by atoms with Crippen molar-refractivity contribution >= 4 is 5.97 Å². The zero-order chi connectivity index (χ0) is 16.1. The van der Waals surface area contributed by atoms with Crippen LogP contribution in [-0.4, -0.2) is 37.5 Å². The molecule has 0 bridgehead atoms. The van der Waals surface area contributed by atoms with Crippen LogP contribution in [0.15, 0.2) is 47.2 Å². The highest BCUT2D eigenvalue weighted by molar-refractivity contribution is 5.88. The van der Waals surface area contributed by atoms with Gasteiger partial charge < -0.3 is 14.9 Å². The van der Waals surface area contributed by atoms with Gasteiger partial charge in [0.2, 0.25) is 11.7 Å². The standard InChI is InChI=1S/C15H15N5O3/c21-15(22)12-4-2-11(3-5-12)14-18-13(23-19-14)10-16-7-9-20-8-1-6-17-20/h1-6,8,16H,7,9-10H2,(H,21,22). The van der Waals surface area contributed by atoms with Gasteiger partial charge in [0.05, 0.1) is 18.7 Å². The summed E-state index contributed by atoms with van der Waals surface area (Å²) in [5.74, 6) is -0.0553. The molecule has 3 aromatic rings. The van der Waals surface area contributed by atoms with E-state index in [4.69, 9.17) is 9.63 Å². The number of rotatable bonds is 7. The van der Waals surface area contributed by atoms with Crippen molar-refractivity contribution in [2.45, 2.75) is 13.1 Å². The van der Waals surface area contributed by atoms with Crippen LogP contribution in [0.2, 0.25) is 0 Å². The summed E-state index contributed by atoms with van der Waals surface area (Å²) in [6.45, 7) is 1.94. The van der Waals surface area contributed by atoms with Crippen LogP contribution in [-0.2, 0) is 13.1 Å². The molecule has 3 rings (SSSR count). The normalized spacial score (nSPS) is 10.8. The van der Waals surface area contributed by atoms with Gasteiger partial charge in [-0.2, -0.15) is 10.1 Å². The molecule has 0 spiro atoms. The fraction of sp³-hybridized carbons (Fsp3) is 0.200. The summed E-state index contributed by atoms with van der Waals surface area (Å²) in [4.78, 5) is 15.1. The molecular weight excluding hydrogens is 298 g/mol. The van der Waals surface area contributed by atoms with Crippen molar-refractivity contribution in [2.75, 3.05) is 6.54 Å². The van der Waals surface area contributed by atoms with Crippen LogP contribution in [0.4, 0.5) is 0 Å². The number of hydrogen-bond acceptors (Lipinski definition) is 6. The van der Waals surface area contributed by atoms with E-state index >= 15 is 0 Å². The van der Waals surface area contributed by atoms with Crippen LogP contribution in [0.25, 0.3) is 11.4 Å². The number of aromatic nitrogens is 4. The lowest BCUT2D eigenvalue weighted by molar-refractivity contribution is 0.0697. The number of nitrogens with zero attached hydrogens (tertiary/aromatic N) is 4. The average Bonchev–Trinajstić information content (AvgIpc) is 3.23. The molecular formula is C15H15N5O3. The summed E-state index contributed by atoms with van der Waals surface area (Å²) in [5.41, 5.74) is 0.930. The number of carboxylic acids is 1. The number of carbonyl (C=O) groups is 1. The SMILES string of the molecule is O=C(O)c1ccc(-c2noc(CNCCn3cccn3)n2)cc1. The Labute approximate surface area is 131 Å². The van der Waals surface area contributed by atoms with Crippen molar-refractivity contribution < 1.29 is 14.4 Å². The molecule has 0 aliphatic rings. The summed E-state index contributed by atoms with van der Waals surface area (Å²) in [5, 5.41) is 20.1. The molecule has 2 heterocycles. The van der Waals surface area contributed by atoms with Crippen LogP contribution in [0.5, 0.6) is 0 Å². The predicted octanol–water partition coefficient (Wildman–Crippen LogP) is 1.42. The largest absolute Gasteiger partial charge is 0.478 e. The summed E-state index contributed by atoms with van der Waals surface area (Å²) >= 11 is 0. The Hall–Kier alpha value is -3.00. The van der Waals surface area contributed by atoms with Gasteiger partial charge in [-0.25, -0.2) is 4.79 Å². The quantitative estimate of drug-likeness (QED) is 0.635. The first-order chi connectivity index (χ1) is 11.2. The molecule has 0 fully saturated rings. The van der Waals surface area contributed by atoms with E-state index in [1.54, 1.807) is 18.3 Å².